The molecular weight excluding hydrogens is 566 g/mol. The van der Waals surface area contributed by atoms with Gasteiger partial charge in [-0.15, -0.1) is 0 Å². The second kappa shape index (κ2) is 62.5. The van der Waals surface area contributed by atoms with E-state index < -0.39 is 0 Å². The molecule has 45 heavy (non-hydrogen) atoms. The van der Waals surface area contributed by atoms with Gasteiger partial charge in [0.2, 0.25) is 0 Å². The van der Waals surface area contributed by atoms with Gasteiger partial charge in [-0.1, -0.05) is 194 Å². The third-order valence-corrected chi connectivity index (χ3v) is 8.48. The van der Waals surface area contributed by atoms with Gasteiger partial charge in [-0.05, 0) is 38.9 Å². The van der Waals surface area contributed by atoms with Crippen LogP contribution < -0.4 is 24.6 Å². The Morgan fingerprint density at radius 1 is 0.222 bits per heavy atom. The van der Waals surface area contributed by atoms with Crippen LogP contribution >= 0.6 is 0 Å². The van der Waals surface area contributed by atoms with Crippen molar-refractivity contribution in [1.82, 2.24) is 29.5 Å². The number of hydrogen-bond donors (Lipinski definition) is 4. The highest BCUT2D eigenvalue weighted by atomic mass is 16.0. The monoisotopic (exact) mass is 662 g/mol. The van der Waals surface area contributed by atoms with E-state index in [-0.39, 0.29) is 46.5 Å². The lowest BCUT2D eigenvalue weighted by Gasteiger charge is -2.22. The van der Waals surface area contributed by atoms with Crippen LogP contribution in [-0.4, -0.2) is 46.4 Å². The fourth-order valence-electron chi connectivity index (χ4n) is 5.80. The van der Waals surface area contributed by atoms with Crippen LogP contribution in [0.15, 0.2) is 0 Å². The fraction of sp³-hybridized carbons (Fsp3) is 1.00. The maximum absolute atomic E-state index is 2.85. The maximum Gasteiger partial charge on any atom is -0.00187 e. The van der Waals surface area contributed by atoms with Crippen LogP contribution in [0, 0.1) is 0 Å². The van der Waals surface area contributed by atoms with Crippen molar-refractivity contribution < 1.29 is 21.9 Å². The molecule has 0 saturated carbocycles. The Labute approximate surface area is 284 Å². The smallest absolute Gasteiger partial charge is 0.00187 e. The summed E-state index contributed by atoms with van der Waals surface area (Å²) in [5.41, 5.74) is 0. The highest BCUT2D eigenvalue weighted by Crippen LogP contribution is 2.14. The molecule has 0 aromatic carbocycles. The van der Waals surface area contributed by atoms with Gasteiger partial charge >= 0.3 is 0 Å². The second-order valence-corrected chi connectivity index (χ2v) is 12.4. The average molecular weight is 662 g/mol. The molecule has 9 heteroatoms. The molecule has 0 amide bonds. The molecule has 0 unspecified atom stereocenters. The molecule has 288 valence electrons. The van der Waals surface area contributed by atoms with E-state index in [0.29, 0.717) is 0 Å². The van der Waals surface area contributed by atoms with Gasteiger partial charge in [0, 0.05) is 0 Å². The molecule has 9 nitrogen and oxygen atoms in total. The molecule has 0 spiro atoms. The Morgan fingerprint density at radius 2 is 0.356 bits per heavy atom. The largest absolute Gasteiger partial charge is 0.412 e. The topological polar surface area (TPSA) is 269 Å². The van der Waals surface area contributed by atoms with E-state index in [9.17, 15) is 0 Å². The molecule has 0 aromatic heterocycles. The van der Waals surface area contributed by atoms with Gasteiger partial charge in [-0.3, -0.25) is 0 Å². The molecular formula is C36H95N5O4. The van der Waals surface area contributed by atoms with Crippen molar-refractivity contribution in [3.8, 4) is 0 Å². The zero-order chi connectivity index (χ0) is 26.9. The lowest BCUT2D eigenvalue weighted by Crippen LogP contribution is -2.27. The maximum atomic E-state index is 2.85. The quantitative estimate of drug-likeness (QED) is 0.0498. The Bertz CT molecular complexity index is 357. The van der Waals surface area contributed by atoms with Crippen LogP contribution in [0.5, 0.6) is 0 Å². The van der Waals surface area contributed by atoms with Crippen LogP contribution in [0.4, 0.5) is 0 Å². The summed E-state index contributed by atoms with van der Waals surface area (Å²) >= 11 is 0. The first-order valence-corrected chi connectivity index (χ1v) is 18.1. The van der Waals surface area contributed by atoms with E-state index in [1.807, 2.05) is 0 Å². The number of rotatable bonds is 33. The van der Waals surface area contributed by atoms with Gasteiger partial charge in [-0.25, -0.2) is 0 Å². The standard InChI is InChI=1S/C36H75N.4H3N.4H2O/c1-4-7-10-13-16-19-22-25-28-31-34-37(35-32-29-26-23-20-17-14-11-8-5-2)36-33-30-27-24-21-18-15-12-9-6-3;;;;;;;;/h4-36H2,1-3H3;4*1H3;4*1H2. The molecule has 0 rings (SSSR count). The van der Waals surface area contributed by atoms with Crippen molar-refractivity contribution in [1.29, 1.82) is 0 Å². The molecule has 0 aromatic rings. The Kier molecular flexibility index (Phi) is 92.9. The first-order chi connectivity index (χ1) is 18.3. The van der Waals surface area contributed by atoms with Gasteiger partial charge in [0.05, 0.1) is 0 Å². The van der Waals surface area contributed by atoms with E-state index in [1.54, 1.807) is 0 Å². The minimum absolute atomic E-state index is 0. The lowest BCUT2D eigenvalue weighted by atomic mass is 10.1. The Balaban J connectivity index is -0.000000231. The fourth-order valence-corrected chi connectivity index (χ4v) is 5.80. The van der Waals surface area contributed by atoms with Crippen molar-refractivity contribution in [2.24, 2.45) is 0 Å². The normalized spacial score (nSPS) is 9.60. The number of nitrogens with zero attached hydrogens (tertiary/aromatic N) is 1. The van der Waals surface area contributed by atoms with Crippen LogP contribution in [0.25, 0.3) is 0 Å². The van der Waals surface area contributed by atoms with E-state index in [0.717, 1.165) is 0 Å². The Morgan fingerprint density at radius 3 is 0.511 bits per heavy atom. The minimum atomic E-state index is 0. The predicted octanol–water partition coefficient (Wildman–Crippen LogP) is 10.4. The zero-order valence-electron chi connectivity index (χ0n) is 31.6. The van der Waals surface area contributed by atoms with Gasteiger partial charge in [0.15, 0.2) is 0 Å². The molecule has 0 bridgehead atoms. The molecule has 0 heterocycles. The summed E-state index contributed by atoms with van der Waals surface area (Å²) in [5.74, 6) is 0. The van der Waals surface area contributed by atoms with Crippen molar-refractivity contribution in [3.05, 3.63) is 0 Å². The van der Waals surface area contributed by atoms with E-state index in [1.165, 1.54) is 212 Å². The third-order valence-electron chi connectivity index (χ3n) is 8.48. The summed E-state index contributed by atoms with van der Waals surface area (Å²) in [6.07, 6.45) is 43.6. The average Bonchev–Trinajstić information content (AvgIpc) is 2.91. The summed E-state index contributed by atoms with van der Waals surface area (Å²) in [7, 11) is 0. The second-order valence-electron chi connectivity index (χ2n) is 12.4. The first-order valence-electron chi connectivity index (χ1n) is 18.1. The Hall–Kier alpha value is -0.360. The van der Waals surface area contributed by atoms with Crippen LogP contribution in [-0.2, 0) is 0 Å². The molecule has 0 aliphatic rings. The lowest BCUT2D eigenvalue weighted by molar-refractivity contribution is 0.254. The van der Waals surface area contributed by atoms with Crippen molar-refractivity contribution in [2.45, 2.75) is 213 Å². The zero-order valence-corrected chi connectivity index (χ0v) is 31.6. The summed E-state index contributed by atoms with van der Waals surface area (Å²) in [6.45, 7) is 11.0. The molecule has 20 N–H and O–H groups in total. The minimum Gasteiger partial charge on any atom is -0.412 e. The van der Waals surface area contributed by atoms with Crippen molar-refractivity contribution >= 4 is 0 Å². The SMILES string of the molecule is CCCCCCCCCCCCN(CCCCCCCCCCCC)CCCCCCCCCCCC.N.N.N.N.O.O.O.O. The molecule has 0 atom stereocenters. The van der Waals surface area contributed by atoms with Crippen LogP contribution in [0.1, 0.15) is 213 Å². The molecule has 0 aliphatic heterocycles. The molecule has 0 radical (unpaired) electrons. The van der Waals surface area contributed by atoms with Crippen LogP contribution in [0.3, 0.4) is 0 Å². The summed E-state index contributed by atoms with van der Waals surface area (Å²) in [4.78, 5) is 2.85. The van der Waals surface area contributed by atoms with Gasteiger partial charge in [-0.2, -0.15) is 0 Å². The number of unbranched alkanes of at least 4 members (excludes halogenated alkanes) is 27. The predicted molar refractivity (Wildman–Crippen MR) is 207 cm³/mol. The number of hydrogen-bond acceptors (Lipinski definition) is 5. The van der Waals surface area contributed by atoms with Gasteiger partial charge < -0.3 is 51.4 Å². The summed E-state index contributed by atoms with van der Waals surface area (Å²) in [5, 5.41) is 0. The van der Waals surface area contributed by atoms with Crippen LogP contribution in [0.2, 0.25) is 0 Å². The van der Waals surface area contributed by atoms with Crippen molar-refractivity contribution in [3.63, 3.8) is 0 Å². The highest BCUT2D eigenvalue weighted by Gasteiger charge is 2.05. The van der Waals surface area contributed by atoms with Crippen molar-refractivity contribution in [2.75, 3.05) is 19.6 Å². The molecule has 0 fully saturated rings. The van der Waals surface area contributed by atoms with Gasteiger partial charge in [0.25, 0.3) is 0 Å². The first kappa shape index (κ1) is 66.9. The summed E-state index contributed by atoms with van der Waals surface area (Å²) < 4.78 is 0. The highest BCUT2D eigenvalue weighted by molar-refractivity contribution is 4.61. The van der Waals surface area contributed by atoms with E-state index >= 15 is 0 Å². The van der Waals surface area contributed by atoms with E-state index in [2.05, 4.69) is 25.7 Å². The third kappa shape index (κ3) is 59.6. The molecule has 0 aliphatic carbocycles. The van der Waals surface area contributed by atoms with Gasteiger partial charge in [0.1, 0.15) is 0 Å². The summed E-state index contributed by atoms with van der Waals surface area (Å²) in [6, 6.07) is 0. The van der Waals surface area contributed by atoms with E-state index in [4.69, 9.17) is 0 Å². The molecule has 0 saturated heterocycles.